The molecule has 0 aliphatic carbocycles. The van der Waals surface area contributed by atoms with Crippen LogP contribution in [0.1, 0.15) is 34.8 Å². The van der Waals surface area contributed by atoms with Crippen molar-refractivity contribution in [1.82, 2.24) is 4.90 Å². The van der Waals surface area contributed by atoms with E-state index in [4.69, 9.17) is 14.3 Å². The van der Waals surface area contributed by atoms with Crippen LogP contribution in [-0.2, 0) is 4.84 Å². The van der Waals surface area contributed by atoms with E-state index < -0.39 is 12.1 Å². The predicted molar refractivity (Wildman–Crippen MR) is 113 cm³/mol. The van der Waals surface area contributed by atoms with Gasteiger partial charge >= 0.3 is 0 Å². The average Bonchev–Trinajstić information content (AvgIpc) is 3.41. The summed E-state index contributed by atoms with van der Waals surface area (Å²) in [5, 5.41) is 23.5. The molecule has 0 unspecified atom stereocenters. The number of carbonyl (C=O) groups excluding carboxylic acids is 1. The zero-order chi connectivity index (χ0) is 22.1. The molecular weight excluding hydrogens is 398 g/mol. The number of fused-ring (bicyclic) bond motifs is 1. The summed E-state index contributed by atoms with van der Waals surface area (Å²) in [6, 6.07) is 10.8. The second kappa shape index (κ2) is 8.28. The van der Waals surface area contributed by atoms with Crippen molar-refractivity contribution >= 4 is 11.6 Å². The first-order valence-electron chi connectivity index (χ1n) is 9.96. The third-order valence-corrected chi connectivity index (χ3v) is 5.73. The van der Waals surface area contributed by atoms with Crippen molar-refractivity contribution in [2.75, 3.05) is 20.4 Å². The summed E-state index contributed by atoms with van der Waals surface area (Å²) in [6.45, 7) is 3.80. The van der Waals surface area contributed by atoms with Crippen molar-refractivity contribution in [3.05, 3.63) is 47.0 Å². The minimum Gasteiger partial charge on any atom is -0.453 e. The van der Waals surface area contributed by atoms with Crippen LogP contribution in [0.3, 0.4) is 0 Å². The van der Waals surface area contributed by atoms with Gasteiger partial charge in [0, 0.05) is 12.0 Å². The molecule has 0 saturated carbocycles. The van der Waals surface area contributed by atoms with Crippen LogP contribution >= 0.6 is 0 Å². The SMILES string of the molecule is CO/N=C1\C[C@@H]([C@@H](C)O)N(C(=O)c2ccc(-c3cccc(C#N)c3C)c3c2OCO3)C1. The highest BCUT2D eigenvalue weighted by atomic mass is 16.7. The van der Waals surface area contributed by atoms with Crippen molar-refractivity contribution in [2.45, 2.75) is 32.4 Å². The minimum absolute atomic E-state index is 0.000169. The molecule has 160 valence electrons. The number of aliphatic hydroxyl groups is 1. The van der Waals surface area contributed by atoms with Crippen LogP contribution in [0.15, 0.2) is 35.5 Å². The van der Waals surface area contributed by atoms with Crippen LogP contribution in [-0.4, -0.2) is 54.2 Å². The molecule has 1 saturated heterocycles. The van der Waals surface area contributed by atoms with Crippen molar-refractivity contribution in [3.63, 3.8) is 0 Å². The number of amides is 1. The fraction of sp³-hybridized carbons (Fsp3) is 0.348. The summed E-state index contributed by atoms with van der Waals surface area (Å²) in [5.74, 6) is 0.566. The maximum absolute atomic E-state index is 13.4. The highest BCUT2D eigenvalue weighted by molar-refractivity contribution is 6.03. The first kappa shape index (κ1) is 20.7. The van der Waals surface area contributed by atoms with E-state index in [1.807, 2.05) is 25.1 Å². The van der Waals surface area contributed by atoms with Crippen LogP contribution in [0, 0.1) is 18.3 Å². The number of ether oxygens (including phenoxy) is 2. The lowest BCUT2D eigenvalue weighted by Crippen LogP contribution is -2.41. The lowest BCUT2D eigenvalue weighted by Gasteiger charge is -2.26. The monoisotopic (exact) mass is 421 g/mol. The molecule has 2 heterocycles. The Morgan fingerprint density at radius 1 is 1.29 bits per heavy atom. The maximum atomic E-state index is 13.4. The number of benzene rings is 2. The average molecular weight is 421 g/mol. The first-order chi connectivity index (χ1) is 15.0. The van der Waals surface area contributed by atoms with E-state index in [2.05, 4.69) is 11.2 Å². The van der Waals surface area contributed by atoms with Gasteiger partial charge in [0.1, 0.15) is 7.11 Å². The topological polar surface area (TPSA) is 104 Å². The summed E-state index contributed by atoms with van der Waals surface area (Å²) >= 11 is 0. The lowest BCUT2D eigenvalue weighted by molar-refractivity contribution is 0.0534. The molecule has 0 aromatic heterocycles. The number of oxime groups is 1. The molecule has 0 spiro atoms. The van der Waals surface area contributed by atoms with E-state index >= 15 is 0 Å². The van der Waals surface area contributed by atoms with Crippen LogP contribution in [0.4, 0.5) is 0 Å². The molecule has 2 aromatic rings. The highest BCUT2D eigenvalue weighted by Crippen LogP contribution is 2.45. The van der Waals surface area contributed by atoms with E-state index in [0.29, 0.717) is 34.8 Å². The van der Waals surface area contributed by atoms with Gasteiger partial charge in [0.2, 0.25) is 6.79 Å². The molecule has 2 aliphatic heterocycles. The van der Waals surface area contributed by atoms with Gasteiger partial charge in [-0.2, -0.15) is 5.26 Å². The van der Waals surface area contributed by atoms with E-state index in [9.17, 15) is 15.2 Å². The molecule has 31 heavy (non-hydrogen) atoms. The summed E-state index contributed by atoms with van der Waals surface area (Å²) < 4.78 is 11.4. The second-order valence-corrected chi connectivity index (χ2v) is 7.60. The Hall–Kier alpha value is -3.57. The Morgan fingerprint density at radius 3 is 2.77 bits per heavy atom. The normalized spacial score (nSPS) is 19.4. The van der Waals surface area contributed by atoms with Crippen molar-refractivity contribution in [3.8, 4) is 28.7 Å². The van der Waals surface area contributed by atoms with Gasteiger partial charge in [0.25, 0.3) is 5.91 Å². The third-order valence-electron chi connectivity index (χ3n) is 5.73. The van der Waals surface area contributed by atoms with Gasteiger partial charge in [-0.3, -0.25) is 4.79 Å². The van der Waals surface area contributed by atoms with Crippen molar-refractivity contribution < 1.29 is 24.2 Å². The number of hydrogen-bond acceptors (Lipinski definition) is 7. The lowest BCUT2D eigenvalue weighted by atomic mass is 9.94. The first-order valence-corrected chi connectivity index (χ1v) is 9.96. The zero-order valence-electron chi connectivity index (χ0n) is 17.6. The molecule has 1 amide bonds. The molecular formula is C23H23N3O5. The Labute approximate surface area is 180 Å². The standard InChI is InChI=1S/C23H23N3O5/c1-13-15(10-24)5-4-6-17(13)18-7-8-19(22-21(18)30-12-31-22)23(28)26-11-16(25-29-3)9-20(26)14(2)27/h4-8,14,20,27H,9,11-12H2,1-3H3/b25-16+/t14-,20+/m1/s1. The van der Waals surface area contributed by atoms with Gasteiger partial charge in [-0.1, -0.05) is 17.3 Å². The molecule has 0 bridgehead atoms. The number of aliphatic hydroxyl groups excluding tert-OH is 1. The fourth-order valence-corrected chi connectivity index (χ4v) is 4.16. The molecule has 4 rings (SSSR count). The van der Waals surface area contributed by atoms with Gasteiger partial charge in [0.15, 0.2) is 11.5 Å². The minimum atomic E-state index is -0.727. The van der Waals surface area contributed by atoms with Crippen LogP contribution in [0.25, 0.3) is 11.1 Å². The molecule has 8 heteroatoms. The van der Waals surface area contributed by atoms with Crippen molar-refractivity contribution in [2.24, 2.45) is 5.16 Å². The van der Waals surface area contributed by atoms with E-state index in [-0.39, 0.29) is 19.2 Å². The molecule has 0 radical (unpaired) electrons. The van der Waals surface area contributed by atoms with Gasteiger partial charge in [-0.25, -0.2) is 0 Å². The molecule has 2 aromatic carbocycles. The summed E-state index contributed by atoms with van der Waals surface area (Å²) in [6.07, 6.45) is -0.288. The Kier molecular flexibility index (Phi) is 5.53. The third kappa shape index (κ3) is 3.57. The number of carbonyl (C=O) groups is 1. The smallest absolute Gasteiger partial charge is 0.258 e. The number of nitrogens with zero attached hydrogens (tertiary/aromatic N) is 3. The largest absolute Gasteiger partial charge is 0.453 e. The quantitative estimate of drug-likeness (QED) is 0.762. The van der Waals surface area contributed by atoms with Gasteiger partial charge in [-0.15, -0.1) is 0 Å². The molecule has 2 atom stereocenters. The Balaban J connectivity index is 1.75. The Morgan fingerprint density at radius 2 is 2.06 bits per heavy atom. The van der Waals surface area contributed by atoms with E-state index in [0.717, 1.165) is 16.7 Å². The summed E-state index contributed by atoms with van der Waals surface area (Å²) in [7, 11) is 1.45. The Bertz CT molecular complexity index is 1100. The number of likely N-dealkylation sites (tertiary alicyclic amines) is 1. The molecule has 1 fully saturated rings. The summed E-state index contributed by atoms with van der Waals surface area (Å²) in [4.78, 5) is 19.9. The van der Waals surface area contributed by atoms with Gasteiger partial charge < -0.3 is 24.3 Å². The van der Waals surface area contributed by atoms with E-state index in [1.54, 1.807) is 24.0 Å². The second-order valence-electron chi connectivity index (χ2n) is 7.60. The molecule has 8 nitrogen and oxygen atoms in total. The molecule has 1 N–H and O–H groups in total. The maximum Gasteiger partial charge on any atom is 0.258 e. The highest BCUT2D eigenvalue weighted by Gasteiger charge is 2.39. The van der Waals surface area contributed by atoms with Crippen LogP contribution < -0.4 is 9.47 Å². The fourth-order valence-electron chi connectivity index (χ4n) is 4.16. The van der Waals surface area contributed by atoms with Gasteiger partial charge in [-0.05, 0) is 43.2 Å². The zero-order valence-corrected chi connectivity index (χ0v) is 17.6. The summed E-state index contributed by atoms with van der Waals surface area (Å²) in [5.41, 5.74) is 4.06. The molecule has 2 aliphatic rings. The van der Waals surface area contributed by atoms with Crippen LogP contribution in [0.5, 0.6) is 11.5 Å². The van der Waals surface area contributed by atoms with Crippen molar-refractivity contribution in [1.29, 1.82) is 5.26 Å². The van der Waals surface area contributed by atoms with Crippen LogP contribution in [0.2, 0.25) is 0 Å². The number of nitriles is 1. The van der Waals surface area contributed by atoms with Gasteiger partial charge in [0.05, 0.1) is 41.6 Å². The predicted octanol–water partition coefficient (Wildman–Crippen LogP) is 2.86. The number of hydrogen-bond donors (Lipinski definition) is 1. The number of rotatable bonds is 4. The van der Waals surface area contributed by atoms with E-state index in [1.165, 1.54) is 7.11 Å².